The lowest BCUT2D eigenvalue weighted by Gasteiger charge is -2.32. The van der Waals surface area contributed by atoms with Gasteiger partial charge in [0.05, 0.1) is 17.9 Å². The molecule has 1 N–H and O–H groups in total. The van der Waals surface area contributed by atoms with Crippen LogP contribution in [0.15, 0.2) is 29.2 Å². The van der Waals surface area contributed by atoms with E-state index in [2.05, 4.69) is 59.0 Å². The first-order chi connectivity index (χ1) is 8.98. The van der Waals surface area contributed by atoms with Gasteiger partial charge in [-0.1, -0.05) is 37.2 Å². The highest BCUT2D eigenvalue weighted by molar-refractivity contribution is 5.22. The molecule has 0 saturated carbocycles. The highest BCUT2D eigenvalue weighted by atomic mass is 16.6. The van der Waals surface area contributed by atoms with Gasteiger partial charge in [0.15, 0.2) is 0 Å². The Balaban J connectivity index is 2.20. The molecule has 102 valence electrons. The number of rotatable bonds is 4. The average molecular weight is 260 g/mol. The van der Waals surface area contributed by atoms with Crippen molar-refractivity contribution in [3.05, 3.63) is 41.5 Å². The normalized spacial score (nSPS) is 13.5. The van der Waals surface area contributed by atoms with Gasteiger partial charge in [0, 0.05) is 12.7 Å². The summed E-state index contributed by atoms with van der Waals surface area (Å²) in [5, 5.41) is 10.9. The maximum Gasteiger partial charge on any atom is 0.118 e. The van der Waals surface area contributed by atoms with Crippen molar-refractivity contribution in [3.63, 3.8) is 0 Å². The summed E-state index contributed by atoms with van der Waals surface area (Å²) in [6.45, 7) is 9.28. The highest BCUT2D eigenvalue weighted by Crippen LogP contribution is 2.33. The Hall–Kier alpha value is -1.75. The van der Waals surface area contributed by atoms with Crippen LogP contribution in [-0.4, -0.2) is 15.3 Å². The zero-order chi connectivity index (χ0) is 13.9. The predicted octanol–water partition coefficient (Wildman–Crippen LogP) is 2.65. The first kappa shape index (κ1) is 13.7. The third kappa shape index (κ3) is 3.38. The maximum atomic E-state index is 4.61. The maximum absolute atomic E-state index is 4.61. The summed E-state index contributed by atoms with van der Waals surface area (Å²) >= 11 is 0. The first-order valence-corrected chi connectivity index (χ1v) is 6.40. The van der Waals surface area contributed by atoms with Crippen molar-refractivity contribution in [1.82, 2.24) is 20.6 Å². The summed E-state index contributed by atoms with van der Waals surface area (Å²) < 4.78 is 4.61. The summed E-state index contributed by atoms with van der Waals surface area (Å²) in [5.41, 5.74) is 3.11. The topological polar surface area (TPSA) is 63.8 Å². The van der Waals surface area contributed by atoms with Gasteiger partial charge in [0.1, 0.15) is 5.69 Å². The third-order valence-corrected chi connectivity index (χ3v) is 3.08. The van der Waals surface area contributed by atoms with Crippen LogP contribution in [0.4, 0.5) is 0 Å². The second kappa shape index (κ2) is 5.48. The molecule has 2 aromatic rings. The minimum atomic E-state index is 0.0519. The molecule has 5 heteroatoms. The van der Waals surface area contributed by atoms with Crippen LogP contribution < -0.4 is 5.32 Å². The molecule has 1 unspecified atom stereocenters. The molecule has 0 aliphatic carbocycles. The van der Waals surface area contributed by atoms with E-state index >= 15 is 0 Å². The van der Waals surface area contributed by atoms with E-state index in [-0.39, 0.29) is 11.5 Å². The van der Waals surface area contributed by atoms with Crippen molar-refractivity contribution in [2.75, 3.05) is 0 Å². The molecule has 1 atom stereocenters. The molecule has 0 aliphatic rings. The first-order valence-electron chi connectivity index (χ1n) is 6.40. The Morgan fingerprint density at radius 3 is 2.74 bits per heavy atom. The molecule has 0 radical (unpaired) electrons. The van der Waals surface area contributed by atoms with Gasteiger partial charge in [-0.05, 0) is 24.0 Å². The van der Waals surface area contributed by atoms with Crippen LogP contribution in [0.1, 0.15) is 43.8 Å². The molecular formula is C14H20N4O. The van der Waals surface area contributed by atoms with Crippen molar-refractivity contribution in [3.8, 4) is 0 Å². The summed E-state index contributed by atoms with van der Waals surface area (Å²) in [5.74, 6) is 0. The standard InChI is InChI=1S/C14H20N4O/c1-10-6-5-7-15-12(10)13(14(2,3)4)16-8-11-9-17-19-18-11/h5-7,9,13,16H,8H2,1-4H3. The third-order valence-electron chi connectivity index (χ3n) is 3.08. The molecule has 0 amide bonds. The van der Waals surface area contributed by atoms with Gasteiger partial charge < -0.3 is 5.32 Å². The van der Waals surface area contributed by atoms with E-state index in [0.717, 1.165) is 11.4 Å². The van der Waals surface area contributed by atoms with E-state index < -0.39 is 0 Å². The van der Waals surface area contributed by atoms with Crippen LogP contribution in [-0.2, 0) is 6.54 Å². The van der Waals surface area contributed by atoms with Crippen LogP contribution in [0.5, 0.6) is 0 Å². The van der Waals surface area contributed by atoms with E-state index in [1.54, 1.807) is 6.20 Å². The number of nitrogens with zero attached hydrogens (tertiary/aromatic N) is 3. The quantitative estimate of drug-likeness (QED) is 0.915. The lowest BCUT2D eigenvalue weighted by Crippen LogP contribution is -2.33. The van der Waals surface area contributed by atoms with Gasteiger partial charge in [-0.25, -0.2) is 4.63 Å². The largest absolute Gasteiger partial charge is 0.302 e. The smallest absolute Gasteiger partial charge is 0.118 e. The van der Waals surface area contributed by atoms with Gasteiger partial charge in [-0.15, -0.1) is 0 Å². The molecular weight excluding hydrogens is 240 g/mol. The molecule has 0 spiro atoms. The van der Waals surface area contributed by atoms with Gasteiger partial charge in [0.2, 0.25) is 0 Å². The summed E-state index contributed by atoms with van der Waals surface area (Å²) in [4.78, 5) is 4.52. The SMILES string of the molecule is Cc1cccnc1C(NCc1cnon1)C(C)(C)C. The second-order valence-corrected chi connectivity index (χ2v) is 5.78. The molecule has 19 heavy (non-hydrogen) atoms. The molecule has 0 aromatic carbocycles. The monoisotopic (exact) mass is 260 g/mol. The van der Waals surface area contributed by atoms with Crippen LogP contribution in [0.3, 0.4) is 0 Å². The van der Waals surface area contributed by atoms with E-state index in [9.17, 15) is 0 Å². The molecule has 0 aliphatic heterocycles. The van der Waals surface area contributed by atoms with E-state index in [0.29, 0.717) is 6.54 Å². The van der Waals surface area contributed by atoms with E-state index in [1.807, 2.05) is 12.3 Å². The number of hydrogen-bond acceptors (Lipinski definition) is 5. The Kier molecular flexibility index (Phi) is 3.95. The van der Waals surface area contributed by atoms with Gasteiger partial charge in [-0.3, -0.25) is 4.98 Å². The lowest BCUT2D eigenvalue weighted by molar-refractivity contribution is 0.259. The van der Waals surface area contributed by atoms with Gasteiger partial charge in [-0.2, -0.15) is 0 Å². The second-order valence-electron chi connectivity index (χ2n) is 5.78. The minimum Gasteiger partial charge on any atom is -0.302 e. The number of pyridine rings is 1. The Morgan fingerprint density at radius 2 is 2.16 bits per heavy atom. The highest BCUT2D eigenvalue weighted by Gasteiger charge is 2.28. The summed E-state index contributed by atoms with van der Waals surface area (Å²) in [7, 11) is 0. The Morgan fingerprint density at radius 1 is 1.37 bits per heavy atom. The molecule has 2 aromatic heterocycles. The Labute approximate surface area is 113 Å². The zero-order valence-corrected chi connectivity index (χ0v) is 11.8. The van der Waals surface area contributed by atoms with Gasteiger partial charge >= 0.3 is 0 Å². The fourth-order valence-electron chi connectivity index (χ4n) is 2.08. The lowest BCUT2D eigenvalue weighted by atomic mass is 9.83. The molecule has 0 bridgehead atoms. The Bertz CT molecular complexity index is 516. The number of hydrogen-bond donors (Lipinski definition) is 1. The fourth-order valence-corrected chi connectivity index (χ4v) is 2.08. The number of nitrogens with one attached hydrogen (secondary N) is 1. The van der Waals surface area contributed by atoms with E-state index in [1.165, 1.54) is 5.56 Å². The van der Waals surface area contributed by atoms with Crippen molar-refractivity contribution >= 4 is 0 Å². The summed E-state index contributed by atoms with van der Waals surface area (Å²) in [6, 6.07) is 4.19. The average Bonchev–Trinajstić information content (AvgIpc) is 2.83. The van der Waals surface area contributed by atoms with Crippen LogP contribution >= 0.6 is 0 Å². The van der Waals surface area contributed by atoms with Gasteiger partial charge in [0.25, 0.3) is 0 Å². The van der Waals surface area contributed by atoms with Crippen LogP contribution in [0, 0.1) is 12.3 Å². The molecule has 0 saturated heterocycles. The number of aromatic nitrogens is 3. The van der Waals surface area contributed by atoms with Crippen LogP contribution in [0.2, 0.25) is 0 Å². The van der Waals surface area contributed by atoms with Crippen LogP contribution in [0.25, 0.3) is 0 Å². The molecule has 2 heterocycles. The molecule has 2 rings (SSSR count). The van der Waals surface area contributed by atoms with Crippen molar-refractivity contribution < 1.29 is 4.63 Å². The van der Waals surface area contributed by atoms with Crippen molar-refractivity contribution in [1.29, 1.82) is 0 Å². The molecule has 0 fully saturated rings. The van der Waals surface area contributed by atoms with E-state index in [4.69, 9.17) is 0 Å². The fraction of sp³-hybridized carbons (Fsp3) is 0.500. The zero-order valence-electron chi connectivity index (χ0n) is 11.8. The number of aryl methyl sites for hydroxylation is 1. The summed E-state index contributed by atoms with van der Waals surface area (Å²) in [6.07, 6.45) is 3.46. The van der Waals surface area contributed by atoms with Crippen molar-refractivity contribution in [2.24, 2.45) is 5.41 Å². The minimum absolute atomic E-state index is 0.0519. The van der Waals surface area contributed by atoms with Crippen molar-refractivity contribution in [2.45, 2.75) is 40.3 Å². The predicted molar refractivity (Wildman–Crippen MR) is 72.3 cm³/mol. The molecule has 5 nitrogen and oxygen atoms in total.